The molecule has 1 aromatic heterocycles. The molecule has 2 aromatic carbocycles. The molecule has 1 fully saturated rings. The topological polar surface area (TPSA) is 127 Å². The fraction of sp³-hybridized carbons (Fsp3) is 0.304. The van der Waals surface area contributed by atoms with Crippen molar-refractivity contribution in [1.82, 2.24) is 20.0 Å². The maximum Gasteiger partial charge on any atom is 0.421 e. The smallest absolute Gasteiger partial charge is 0.421 e. The Morgan fingerprint density at radius 1 is 1.14 bits per heavy atom. The van der Waals surface area contributed by atoms with Gasteiger partial charge < -0.3 is 30.1 Å². The van der Waals surface area contributed by atoms with E-state index < -0.39 is 28.8 Å². The minimum atomic E-state index is -4.73. The number of rotatable bonds is 9. The molecule has 1 atom stereocenters. The number of anilines is 5. The van der Waals surface area contributed by atoms with Crippen molar-refractivity contribution >= 4 is 40.1 Å². The van der Waals surface area contributed by atoms with E-state index in [2.05, 4.69) is 35.5 Å². The summed E-state index contributed by atoms with van der Waals surface area (Å²) < 4.78 is 70.7. The van der Waals surface area contributed by atoms with Gasteiger partial charge in [0.25, 0.3) is 0 Å². The Hall–Kier alpha value is -3.46. The fourth-order valence-corrected chi connectivity index (χ4v) is 4.10. The molecule has 1 aliphatic rings. The lowest BCUT2D eigenvalue weighted by atomic mass is 10.1. The third-order valence-electron chi connectivity index (χ3n) is 5.66. The van der Waals surface area contributed by atoms with Gasteiger partial charge in [-0.25, -0.2) is 9.71 Å². The highest BCUT2D eigenvalue weighted by Crippen LogP contribution is 2.37. The molecule has 4 rings (SSSR count). The molecule has 1 unspecified atom stereocenters. The van der Waals surface area contributed by atoms with Crippen LogP contribution in [-0.2, 0) is 24.0 Å². The van der Waals surface area contributed by atoms with Crippen molar-refractivity contribution in [2.75, 3.05) is 48.8 Å². The maximum absolute atomic E-state index is 13.7. The summed E-state index contributed by atoms with van der Waals surface area (Å²) >= 11 is -2.53. The molecule has 198 valence electrons. The Morgan fingerprint density at radius 2 is 1.89 bits per heavy atom. The number of para-hydroxylation sites is 1. The zero-order valence-electron chi connectivity index (χ0n) is 19.8. The summed E-state index contributed by atoms with van der Waals surface area (Å²) in [6, 6.07) is 11.9. The molecule has 0 saturated carbocycles. The molecule has 37 heavy (non-hydrogen) atoms. The summed E-state index contributed by atoms with van der Waals surface area (Å²) in [4.78, 5) is 10.1. The molecule has 3 aromatic rings. The Morgan fingerprint density at radius 3 is 2.59 bits per heavy atom. The number of piperazine rings is 1. The zero-order chi connectivity index (χ0) is 26.4. The number of ether oxygens (including phenoxy) is 1. The van der Waals surface area contributed by atoms with Crippen LogP contribution < -0.4 is 30.3 Å². The Kier molecular flexibility index (Phi) is 8.43. The first kappa shape index (κ1) is 26.6. The van der Waals surface area contributed by atoms with Gasteiger partial charge in [0.05, 0.1) is 12.8 Å². The SMILES string of the molecule is COc1cc(N2CCNCC2)ccc1Nc1ncc(C(F)(F)F)c(Nc2ccccc2CNS(=O)[O-])n1. The van der Waals surface area contributed by atoms with Crippen LogP contribution in [0.1, 0.15) is 11.1 Å². The van der Waals surface area contributed by atoms with Crippen LogP contribution in [0.5, 0.6) is 5.75 Å². The third kappa shape index (κ3) is 6.85. The molecule has 1 saturated heterocycles. The number of nitrogens with one attached hydrogen (secondary N) is 4. The molecular formula is C23H25F3N7O3S-. The molecule has 1 aliphatic heterocycles. The predicted octanol–water partition coefficient (Wildman–Crippen LogP) is 3.28. The number of halogens is 3. The van der Waals surface area contributed by atoms with E-state index in [1.165, 1.54) is 13.2 Å². The number of benzene rings is 2. The number of nitrogens with zero attached hydrogens (tertiary/aromatic N) is 3. The summed E-state index contributed by atoms with van der Waals surface area (Å²) in [7, 11) is 1.50. The van der Waals surface area contributed by atoms with E-state index >= 15 is 0 Å². The van der Waals surface area contributed by atoms with Crippen LogP contribution in [-0.4, -0.2) is 52.0 Å². The largest absolute Gasteiger partial charge is 0.760 e. The third-order valence-corrected chi connectivity index (χ3v) is 6.04. The van der Waals surface area contributed by atoms with E-state index in [-0.39, 0.29) is 18.2 Å². The van der Waals surface area contributed by atoms with Crippen LogP contribution in [0.4, 0.5) is 42.0 Å². The molecule has 2 heterocycles. The van der Waals surface area contributed by atoms with Crippen LogP contribution in [0.15, 0.2) is 48.7 Å². The first-order valence-corrected chi connectivity index (χ1v) is 12.3. The summed E-state index contributed by atoms with van der Waals surface area (Å²) in [6.07, 6.45) is -4.04. The van der Waals surface area contributed by atoms with E-state index in [4.69, 9.17) is 4.74 Å². The van der Waals surface area contributed by atoms with E-state index in [1.807, 2.05) is 12.1 Å². The first-order valence-electron chi connectivity index (χ1n) is 11.3. The highest BCUT2D eigenvalue weighted by molar-refractivity contribution is 7.77. The van der Waals surface area contributed by atoms with Gasteiger partial charge in [0.15, 0.2) is 0 Å². The number of hydrogen-bond donors (Lipinski definition) is 4. The lowest BCUT2D eigenvalue weighted by Crippen LogP contribution is -2.43. The van der Waals surface area contributed by atoms with Gasteiger partial charge in [0.1, 0.15) is 17.1 Å². The second-order valence-electron chi connectivity index (χ2n) is 8.04. The molecule has 14 heteroatoms. The van der Waals surface area contributed by atoms with E-state index in [0.717, 1.165) is 31.9 Å². The Bertz CT molecular complexity index is 1260. The van der Waals surface area contributed by atoms with Crippen molar-refractivity contribution in [2.45, 2.75) is 12.7 Å². The summed E-state index contributed by atoms with van der Waals surface area (Å²) in [5.41, 5.74) is 1.05. The molecule has 4 N–H and O–H groups in total. The maximum atomic E-state index is 13.7. The van der Waals surface area contributed by atoms with Crippen molar-refractivity contribution in [3.63, 3.8) is 0 Å². The lowest BCUT2D eigenvalue weighted by molar-refractivity contribution is -0.137. The van der Waals surface area contributed by atoms with Crippen molar-refractivity contribution < 1.29 is 26.7 Å². The second-order valence-corrected chi connectivity index (χ2v) is 8.80. The molecule has 0 aliphatic carbocycles. The monoisotopic (exact) mass is 536 g/mol. The Balaban J connectivity index is 1.62. The number of hydrogen-bond acceptors (Lipinski definition) is 9. The van der Waals surface area contributed by atoms with Gasteiger partial charge in [-0.15, -0.1) is 0 Å². The normalized spacial score (nSPS) is 14.8. The van der Waals surface area contributed by atoms with Crippen molar-refractivity contribution in [3.05, 3.63) is 59.8 Å². The van der Waals surface area contributed by atoms with Gasteiger partial charge in [0, 0.05) is 67.6 Å². The minimum absolute atomic E-state index is 0.0833. The minimum Gasteiger partial charge on any atom is -0.760 e. The first-order chi connectivity index (χ1) is 17.7. The van der Waals surface area contributed by atoms with Gasteiger partial charge in [0.2, 0.25) is 5.95 Å². The van der Waals surface area contributed by atoms with Crippen LogP contribution in [0.25, 0.3) is 0 Å². The van der Waals surface area contributed by atoms with Crippen LogP contribution in [0.3, 0.4) is 0 Å². The molecular weight excluding hydrogens is 511 g/mol. The van der Waals surface area contributed by atoms with Gasteiger partial charge in [-0.2, -0.15) is 18.2 Å². The standard InChI is InChI=1S/C23H26F3N7O3S/c1-36-20-12-16(33-10-8-27-9-11-33)6-7-19(20)31-22-28-14-17(23(24,25)26)21(32-22)30-18-5-3-2-4-15(18)13-29-37(34)35/h2-7,12,14,27,29H,8-11,13H2,1H3,(H,34,35)(H2,28,30,31,32)/p-1. The summed E-state index contributed by atoms with van der Waals surface area (Å²) in [5, 5.41) is 8.91. The molecule has 10 nitrogen and oxygen atoms in total. The highest BCUT2D eigenvalue weighted by atomic mass is 32.2. The number of methoxy groups -OCH3 is 1. The second kappa shape index (κ2) is 11.7. The average molecular weight is 537 g/mol. The predicted molar refractivity (Wildman–Crippen MR) is 134 cm³/mol. The van der Waals surface area contributed by atoms with Gasteiger partial charge >= 0.3 is 6.18 Å². The Labute approximate surface area is 214 Å². The van der Waals surface area contributed by atoms with E-state index in [0.29, 0.717) is 23.2 Å². The fourth-order valence-electron chi connectivity index (χ4n) is 3.83. The van der Waals surface area contributed by atoms with Gasteiger partial charge in [-0.1, -0.05) is 18.2 Å². The van der Waals surface area contributed by atoms with Crippen LogP contribution in [0, 0.1) is 0 Å². The molecule has 0 amide bonds. The molecule has 0 spiro atoms. The quantitative estimate of drug-likeness (QED) is 0.305. The molecule has 0 bridgehead atoms. The summed E-state index contributed by atoms with van der Waals surface area (Å²) in [6.45, 7) is 3.30. The average Bonchev–Trinajstić information content (AvgIpc) is 2.88. The van der Waals surface area contributed by atoms with Crippen molar-refractivity contribution in [1.29, 1.82) is 0 Å². The van der Waals surface area contributed by atoms with E-state index in [9.17, 15) is 21.9 Å². The van der Waals surface area contributed by atoms with Crippen LogP contribution in [0.2, 0.25) is 0 Å². The highest BCUT2D eigenvalue weighted by Gasteiger charge is 2.35. The van der Waals surface area contributed by atoms with Crippen LogP contribution >= 0.6 is 0 Å². The van der Waals surface area contributed by atoms with Gasteiger partial charge in [-0.3, -0.25) is 4.21 Å². The number of aromatic nitrogens is 2. The van der Waals surface area contributed by atoms with Gasteiger partial charge in [-0.05, 0) is 23.8 Å². The summed E-state index contributed by atoms with van der Waals surface area (Å²) in [5.74, 6) is -0.0897. The van der Waals surface area contributed by atoms with E-state index in [1.54, 1.807) is 24.3 Å². The zero-order valence-corrected chi connectivity index (χ0v) is 20.6. The molecule has 0 radical (unpaired) electrons. The number of alkyl halides is 3. The van der Waals surface area contributed by atoms with Crippen molar-refractivity contribution in [2.24, 2.45) is 0 Å². The van der Waals surface area contributed by atoms with Crippen molar-refractivity contribution in [3.8, 4) is 5.75 Å². The lowest BCUT2D eigenvalue weighted by Gasteiger charge is -2.30.